The Labute approximate surface area is 113 Å². The third kappa shape index (κ3) is 4.09. The number of likely N-dealkylation sites (tertiary alicyclic amines) is 1. The van der Waals surface area contributed by atoms with Crippen LogP contribution in [-0.2, 0) is 9.53 Å². The zero-order valence-electron chi connectivity index (χ0n) is 11.9. The second-order valence-electron chi connectivity index (χ2n) is 6.29. The van der Waals surface area contributed by atoms with Crippen LogP contribution in [0.2, 0.25) is 0 Å². The lowest BCUT2D eigenvalue weighted by molar-refractivity contribution is -0.122. The van der Waals surface area contributed by atoms with Crippen LogP contribution in [0.4, 0.5) is 4.79 Å². The van der Waals surface area contributed by atoms with E-state index in [2.05, 4.69) is 10.6 Å². The number of nitrogens with zero attached hydrogens (tertiary/aromatic N) is 1. The number of hydrogen-bond acceptors (Lipinski definition) is 4. The maximum absolute atomic E-state index is 11.7. The molecule has 2 rings (SSSR count). The molecular formula is C13H23N3O3. The Morgan fingerprint density at radius 3 is 2.58 bits per heavy atom. The lowest BCUT2D eigenvalue weighted by atomic mass is 10.0. The SMILES string of the molecule is CC(C)(C)OC(=O)N1CC(NC2CCC(=O)NC2)C1. The molecule has 2 fully saturated rings. The molecule has 6 heteroatoms. The van der Waals surface area contributed by atoms with Crippen molar-refractivity contribution in [1.29, 1.82) is 0 Å². The fourth-order valence-corrected chi connectivity index (χ4v) is 2.27. The molecule has 0 aromatic rings. The van der Waals surface area contributed by atoms with Crippen molar-refractivity contribution in [1.82, 2.24) is 15.5 Å². The van der Waals surface area contributed by atoms with Gasteiger partial charge in [-0.05, 0) is 27.2 Å². The van der Waals surface area contributed by atoms with Crippen LogP contribution in [-0.4, -0.2) is 54.2 Å². The summed E-state index contributed by atoms with van der Waals surface area (Å²) < 4.78 is 5.30. The van der Waals surface area contributed by atoms with E-state index in [-0.39, 0.29) is 12.0 Å². The van der Waals surface area contributed by atoms with Gasteiger partial charge >= 0.3 is 6.09 Å². The summed E-state index contributed by atoms with van der Waals surface area (Å²) in [5.74, 6) is 0.127. The van der Waals surface area contributed by atoms with Gasteiger partial charge in [0.05, 0.1) is 0 Å². The monoisotopic (exact) mass is 269 g/mol. The summed E-state index contributed by atoms with van der Waals surface area (Å²) >= 11 is 0. The second kappa shape index (κ2) is 5.36. The minimum atomic E-state index is -0.441. The number of ether oxygens (including phenoxy) is 1. The molecule has 108 valence electrons. The molecule has 0 aromatic carbocycles. The molecule has 0 bridgehead atoms. The zero-order chi connectivity index (χ0) is 14.0. The van der Waals surface area contributed by atoms with Gasteiger partial charge in [0.1, 0.15) is 5.60 Å². The topological polar surface area (TPSA) is 70.7 Å². The Morgan fingerprint density at radius 2 is 2.05 bits per heavy atom. The molecule has 0 aromatic heterocycles. The average molecular weight is 269 g/mol. The van der Waals surface area contributed by atoms with Crippen molar-refractivity contribution in [3.8, 4) is 0 Å². The minimum absolute atomic E-state index is 0.127. The van der Waals surface area contributed by atoms with Crippen LogP contribution in [0.5, 0.6) is 0 Å². The fraction of sp³-hybridized carbons (Fsp3) is 0.846. The van der Waals surface area contributed by atoms with Gasteiger partial charge in [0.25, 0.3) is 0 Å². The van der Waals surface area contributed by atoms with Gasteiger partial charge in [0, 0.05) is 38.1 Å². The first-order chi connectivity index (χ1) is 8.83. The molecule has 1 unspecified atom stereocenters. The van der Waals surface area contributed by atoms with Crippen molar-refractivity contribution >= 4 is 12.0 Å². The first-order valence-corrected chi connectivity index (χ1v) is 6.84. The Bertz CT molecular complexity index is 349. The number of piperidine rings is 1. The van der Waals surface area contributed by atoms with Crippen LogP contribution in [0, 0.1) is 0 Å². The number of nitrogens with one attached hydrogen (secondary N) is 2. The standard InChI is InChI=1S/C13H23N3O3/c1-13(2,3)19-12(18)16-7-10(8-16)15-9-4-5-11(17)14-6-9/h9-10,15H,4-8H2,1-3H3,(H,14,17). The molecule has 2 N–H and O–H groups in total. The Morgan fingerprint density at radius 1 is 1.37 bits per heavy atom. The van der Waals surface area contributed by atoms with Gasteiger partial charge < -0.3 is 20.3 Å². The Balaban J connectivity index is 1.66. The van der Waals surface area contributed by atoms with Crippen LogP contribution in [0.3, 0.4) is 0 Å². The molecule has 2 heterocycles. The minimum Gasteiger partial charge on any atom is -0.444 e. The highest BCUT2D eigenvalue weighted by molar-refractivity contribution is 5.76. The molecular weight excluding hydrogens is 246 g/mol. The normalized spacial score (nSPS) is 24.7. The van der Waals surface area contributed by atoms with Gasteiger partial charge in [-0.15, -0.1) is 0 Å². The van der Waals surface area contributed by atoms with Gasteiger partial charge in [0.15, 0.2) is 0 Å². The molecule has 2 aliphatic rings. The zero-order valence-corrected chi connectivity index (χ0v) is 11.9. The van der Waals surface area contributed by atoms with Crippen molar-refractivity contribution in [3.63, 3.8) is 0 Å². The highest BCUT2D eigenvalue weighted by atomic mass is 16.6. The van der Waals surface area contributed by atoms with E-state index in [0.717, 1.165) is 6.42 Å². The van der Waals surface area contributed by atoms with Crippen LogP contribution in [0.25, 0.3) is 0 Å². The smallest absolute Gasteiger partial charge is 0.410 e. The maximum Gasteiger partial charge on any atom is 0.410 e. The molecule has 2 amide bonds. The largest absolute Gasteiger partial charge is 0.444 e. The summed E-state index contributed by atoms with van der Waals surface area (Å²) in [5, 5.41) is 6.30. The van der Waals surface area contributed by atoms with Gasteiger partial charge in [-0.3, -0.25) is 4.79 Å². The lowest BCUT2D eigenvalue weighted by Gasteiger charge is -2.42. The van der Waals surface area contributed by atoms with E-state index < -0.39 is 5.60 Å². The van der Waals surface area contributed by atoms with Gasteiger partial charge in [-0.1, -0.05) is 0 Å². The first kappa shape index (κ1) is 14.1. The molecule has 1 atom stereocenters. The summed E-state index contributed by atoms with van der Waals surface area (Å²) in [5.41, 5.74) is -0.441. The number of carbonyl (C=O) groups is 2. The molecule has 0 saturated carbocycles. The van der Waals surface area contributed by atoms with E-state index in [1.807, 2.05) is 20.8 Å². The Kier molecular flexibility index (Phi) is 3.99. The third-order valence-corrected chi connectivity index (χ3v) is 3.27. The van der Waals surface area contributed by atoms with Gasteiger partial charge in [0.2, 0.25) is 5.91 Å². The predicted molar refractivity (Wildman–Crippen MR) is 70.8 cm³/mol. The van der Waals surface area contributed by atoms with E-state index in [1.54, 1.807) is 4.90 Å². The molecule has 19 heavy (non-hydrogen) atoms. The molecule has 0 spiro atoms. The Hall–Kier alpha value is -1.30. The summed E-state index contributed by atoms with van der Waals surface area (Å²) in [6.45, 7) is 7.64. The van der Waals surface area contributed by atoms with E-state index >= 15 is 0 Å². The molecule has 2 aliphatic heterocycles. The van der Waals surface area contributed by atoms with E-state index in [0.29, 0.717) is 38.1 Å². The van der Waals surface area contributed by atoms with Crippen molar-refractivity contribution in [3.05, 3.63) is 0 Å². The molecule has 2 saturated heterocycles. The van der Waals surface area contributed by atoms with Crippen molar-refractivity contribution in [2.75, 3.05) is 19.6 Å². The van der Waals surface area contributed by atoms with E-state index in [1.165, 1.54) is 0 Å². The summed E-state index contributed by atoms with van der Waals surface area (Å²) in [6.07, 6.45) is 1.21. The van der Waals surface area contributed by atoms with Crippen LogP contribution >= 0.6 is 0 Å². The van der Waals surface area contributed by atoms with Crippen molar-refractivity contribution < 1.29 is 14.3 Å². The van der Waals surface area contributed by atoms with E-state index in [4.69, 9.17) is 4.74 Å². The number of rotatable bonds is 2. The third-order valence-electron chi connectivity index (χ3n) is 3.27. The predicted octanol–water partition coefficient (Wildman–Crippen LogP) is 0.474. The first-order valence-electron chi connectivity index (χ1n) is 6.84. The van der Waals surface area contributed by atoms with Crippen molar-refractivity contribution in [2.45, 2.75) is 51.3 Å². The number of carbonyl (C=O) groups excluding carboxylic acids is 2. The van der Waals surface area contributed by atoms with Crippen molar-refractivity contribution in [2.24, 2.45) is 0 Å². The molecule has 6 nitrogen and oxygen atoms in total. The highest BCUT2D eigenvalue weighted by Crippen LogP contribution is 2.16. The lowest BCUT2D eigenvalue weighted by Crippen LogP contribution is -2.64. The summed E-state index contributed by atoms with van der Waals surface area (Å²) in [6, 6.07) is 0.635. The number of amides is 2. The molecule has 0 aliphatic carbocycles. The number of hydrogen-bond donors (Lipinski definition) is 2. The van der Waals surface area contributed by atoms with Crippen LogP contribution in [0.1, 0.15) is 33.6 Å². The van der Waals surface area contributed by atoms with Crippen LogP contribution < -0.4 is 10.6 Å². The maximum atomic E-state index is 11.7. The van der Waals surface area contributed by atoms with Gasteiger partial charge in [-0.2, -0.15) is 0 Å². The highest BCUT2D eigenvalue weighted by Gasteiger charge is 2.35. The van der Waals surface area contributed by atoms with E-state index in [9.17, 15) is 9.59 Å². The van der Waals surface area contributed by atoms with Crippen LogP contribution in [0.15, 0.2) is 0 Å². The fourth-order valence-electron chi connectivity index (χ4n) is 2.27. The summed E-state index contributed by atoms with van der Waals surface area (Å²) in [7, 11) is 0. The summed E-state index contributed by atoms with van der Waals surface area (Å²) in [4.78, 5) is 24.5. The quantitative estimate of drug-likeness (QED) is 0.764. The second-order valence-corrected chi connectivity index (χ2v) is 6.29. The molecule has 0 radical (unpaired) electrons. The van der Waals surface area contributed by atoms with Gasteiger partial charge in [-0.25, -0.2) is 4.79 Å². The average Bonchev–Trinajstić information content (AvgIpc) is 2.22.